The largest absolute Gasteiger partial charge is 0.383 e. The molecule has 6 heteroatoms. The van der Waals surface area contributed by atoms with Gasteiger partial charge in [-0.2, -0.15) is 5.10 Å². The van der Waals surface area contributed by atoms with E-state index in [0.717, 1.165) is 28.0 Å². The second-order valence-corrected chi connectivity index (χ2v) is 5.64. The summed E-state index contributed by atoms with van der Waals surface area (Å²) in [5, 5.41) is 7.55. The van der Waals surface area contributed by atoms with Crippen LogP contribution in [-0.4, -0.2) is 30.0 Å². The minimum atomic E-state index is -0.279. The summed E-state index contributed by atoms with van der Waals surface area (Å²) in [6.45, 7) is 5.79. The van der Waals surface area contributed by atoms with E-state index in [9.17, 15) is 4.39 Å². The van der Waals surface area contributed by atoms with Crippen molar-refractivity contribution in [2.45, 2.75) is 20.4 Å². The molecule has 2 rings (SSSR count). The molecule has 0 aliphatic rings. The van der Waals surface area contributed by atoms with E-state index in [-0.39, 0.29) is 5.82 Å². The van der Waals surface area contributed by atoms with Gasteiger partial charge in [-0.15, -0.1) is 0 Å². The van der Waals surface area contributed by atoms with Crippen molar-refractivity contribution in [2.24, 2.45) is 0 Å². The highest BCUT2D eigenvalue weighted by Gasteiger charge is 2.13. The first kappa shape index (κ1) is 16.1. The van der Waals surface area contributed by atoms with Crippen molar-refractivity contribution in [2.75, 3.05) is 20.3 Å². The van der Waals surface area contributed by atoms with Crippen molar-refractivity contribution >= 4 is 15.9 Å². The molecule has 21 heavy (non-hydrogen) atoms. The van der Waals surface area contributed by atoms with Crippen molar-refractivity contribution in [3.63, 3.8) is 0 Å². The van der Waals surface area contributed by atoms with Crippen LogP contribution in [0.2, 0.25) is 0 Å². The predicted molar refractivity (Wildman–Crippen MR) is 84.3 cm³/mol. The van der Waals surface area contributed by atoms with E-state index in [1.165, 1.54) is 0 Å². The Morgan fingerprint density at radius 3 is 2.71 bits per heavy atom. The minimum Gasteiger partial charge on any atom is -0.383 e. The number of halogens is 2. The van der Waals surface area contributed by atoms with Crippen LogP contribution in [-0.2, 0) is 11.3 Å². The van der Waals surface area contributed by atoms with Gasteiger partial charge in [0.2, 0.25) is 0 Å². The number of nitrogens with zero attached hydrogens (tertiary/aromatic N) is 2. The van der Waals surface area contributed by atoms with Gasteiger partial charge in [-0.05, 0) is 47.5 Å². The zero-order chi connectivity index (χ0) is 15.4. The van der Waals surface area contributed by atoms with Crippen LogP contribution in [0.5, 0.6) is 0 Å². The second-order valence-electron chi connectivity index (χ2n) is 4.85. The Labute approximate surface area is 132 Å². The Kier molecular flexibility index (Phi) is 5.50. The van der Waals surface area contributed by atoms with E-state index in [2.05, 4.69) is 26.3 Å². The molecule has 2 aromatic rings. The maximum atomic E-state index is 14.3. The topological polar surface area (TPSA) is 39.1 Å². The number of hydrogen-bond donors (Lipinski definition) is 1. The Morgan fingerprint density at radius 1 is 1.38 bits per heavy atom. The Bertz CT molecular complexity index is 628. The summed E-state index contributed by atoms with van der Waals surface area (Å²) < 4.78 is 21.8. The molecule has 1 aromatic heterocycles. The summed E-state index contributed by atoms with van der Waals surface area (Å²) in [5.41, 5.74) is 3.09. The van der Waals surface area contributed by atoms with Gasteiger partial charge in [0.05, 0.1) is 22.5 Å². The smallest absolute Gasteiger partial charge is 0.149 e. The van der Waals surface area contributed by atoms with E-state index in [4.69, 9.17) is 4.74 Å². The molecule has 0 bridgehead atoms. The van der Waals surface area contributed by atoms with Gasteiger partial charge in [0.1, 0.15) is 11.5 Å². The van der Waals surface area contributed by atoms with Gasteiger partial charge in [-0.25, -0.2) is 9.07 Å². The molecule has 0 spiro atoms. The van der Waals surface area contributed by atoms with Crippen molar-refractivity contribution in [3.05, 3.63) is 45.4 Å². The predicted octanol–water partition coefficient (Wildman–Crippen LogP) is 3.13. The van der Waals surface area contributed by atoms with Gasteiger partial charge in [-0.1, -0.05) is 6.07 Å². The molecule has 1 heterocycles. The third kappa shape index (κ3) is 3.70. The minimum absolute atomic E-state index is 0.279. The third-order valence-electron chi connectivity index (χ3n) is 3.26. The number of aromatic nitrogens is 2. The molecule has 0 atom stereocenters. The molecular weight excluding hydrogens is 337 g/mol. The summed E-state index contributed by atoms with van der Waals surface area (Å²) in [4.78, 5) is 0. The summed E-state index contributed by atoms with van der Waals surface area (Å²) in [6.07, 6.45) is 0. The van der Waals surface area contributed by atoms with Crippen LogP contribution >= 0.6 is 15.9 Å². The van der Waals surface area contributed by atoms with Crippen LogP contribution in [0, 0.1) is 19.7 Å². The molecule has 4 nitrogen and oxygen atoms in total. The van der Waals surface area contributed by atoms with Gasteiger partial charge in [-0.3, -0.25) is 0 Å². The van der Waals surface area contributed by atoms with E-state index in [1.54, 1.807) is 23.9 Å². The van der Waals surface area contributed by atoms with Gasteiger partial charge in [0, 0.05) is 20.2 Å². The van der Waals surface area contributed by atoms with Crippen LogP contribution in [0.3, 0.4) is 0 Å². The lowest BCUT2D eigenvalue weighted by Gasteiger charge is -2.09. The summed E-state index contributed by atoms with van der Waals surface area (Å²) >= 11 is 3.46. The SMILES string of the molecule is COCCNCc1ccc(-n2nc(C)c(Br)c2C)c(F)c1. The zero-order valence-corrected chi connectivity index (χ0v) is 14.0. The van der Waals surface area contributed by atoms with Crippen LogP contribution < -0.4 is 5.32 Å². The highest BCUT2D eigenvalue weighted by Crippen LogP contribution is 2.24. The lowest BCUT2D eigenvalue weighted by Crippen LogP contribution is -2.18. The fourth-order valence-electron chi connectivity index (χ4n) is 2.10. The molecule has 0 unspecified atom stereocenters. The lowest BCUT2D eigenvalue weighted by molar-refractivity contribution is 0.199. The molecule has 0 radical (unpaired) electrons. The molecule has 114 valence electrons. The summed E-state index contributed by atoms with van der Waals surface area (Å²) in [5.74, 6) is -0.279. The molecule has 0 aliphatic carbocycles. The van der Waals surface area contributed by atoms with Crippen molar-refractivity contribution in [1.29, 1.82) is 0 Å². The maximum Gasteiger partial charge on any atom is 0.149 e. The monoisotopic (exact) mass is 355 g/mol. The van der Waals surface area contributed by atoms with Gasteiger partial charge >= 0.3 is 0 Å². The Balaban J connectivity index is 2.17. The molecule has 1 aromatic carbocycles. The number of rotatable bonds is 6. The molecule has 0 saturated heterocycles. The van der Waals surface area contributed by atoms with E-state index in [1.807, 2.05) is 19.9 Å². The van der Waals surface area contributed by atoms with E-state index < -0.39 is 0 Å². The molecule has 0 amide bonds. The van der Waals surface area contributed by atoms with Crippen LogP contribution in [0.1, 0.15) is 17.0 Å². The van der Waals surface area contributed by atoms with Crippen molar-refractivity contribution in [3.8, 4) is 5.69 Å². The average Bonchev–Trinajstić information content (AvgIpc) is 2.71. The van der Waals surface area contributed by atoms with E-state index in [0.29, 0.717) is 18.8 Å². The molecular formula is C15H19BrFN3O. The van der Waals surface area contributed by atoms with Gasteiger partial charge < -0.3 is 10.1 Å². The standard InChI is InChI=1S/C15H19BrFN3O/c1-10-15(16)11(2)20(19-10)14-5-4-12(8-13(14)17)9-18-6-7-21-3/h4-5,8,18H,6-7,9H2,1-3H3. The highest BCUT2D eigenvalue weighted by molar-refractivity contribution is 9.10. The normalized spacial score (nSPS) is 11.1. The number of methoxy groups -OCH3 is 1. The lowest BCUT2D eigenvalue weighted by atomic mass is 10.2. The van der Waals surface area contributed by atoms with Crippen LogP contribution in [0.15, 0.2) is 22.7 Å². The van der Waals surface area contributed by atoms with Crippen molar-refractivity contribution < 1.29 is 9.13 Å². The summed E-state index contributed by atoms with van der Waals surface area (Å²) in [6, 6.07) is 5.20. The van der Waals surface area contributed by atoms with E-state index >= 15 is 0 Å². The number of hydrogen-bond acceptors (Lipinski definition) is 3. The van der Waals surface area contributed by atoms with Crippen LogP contribution in [0.4, 0.5) is 4.39 Å². The molecule has 0 saturated carbocycles. The average molecular weight is 356 g/mol. The number of ether oxygens (including phenoxy) is 1. The maximum absolute atomic E-state index is 14.3. The second kappa shape index (κ2) is 7.15. The zero-order valence-electron chi connectivity index (χ0n) is 12.4. The first-order valence-corrected chi connectivity index (χ1v) is 7.54. The molecule has 0 fully saturated rings. The fraction of sp³-hybridized carbons (Fsp3) is 0.400. The quantitative estimate of drug-likeness (QED) is 0.809. The fourth-order valence-corrected chi connectivity index (χ4v) is 2.34. The Hall–Kier alpha value is -1.24. The van der Waals surface area contributed by atoms with Crippen molar-refractivity contribution in [1.82, 2.24) is 15.1 Å². The summed E-state index contributed by atoms with van der Waals surface area (Å²) in [7, 11) is 1.66. The molecule has 1 N–H and O–H groups in total. The highest BCUT2D eigenvalue weighted by atomic mass is 79.9. The third-order valence-corrected chi connectivity index (χ3v) is 4.40. The van der Waals surface area contributed by atoms with Gasteiger partial charge in [0.15, 0.2) is 0 Å². The number of nitrogens with one attached hydrogen (secondary N) is 1. The van der Waals surface area contributed by atoms with Gasteiger partial charge in [0.25, 0.3) is 0 Å². The molecule has 0 aliphatic heterocycles. The van der Waals surface area contributed by atoms with Crippen LogP contribution in [0.25, 0.3) is 5.69 Å². The Morgan fingerprint density at radius 2 is 2.14 bits per heavy atom. The first-order valence-electron chi connectivity index (χ1n) is 6.74. The first-order chi connectivity index (χ1) is 10.0. The number of benzene rings is 1. The number of aryl methyl sites for hydroxylation is 1.